The van der Waals surface area contributed by atoms with Gasteiger partial charge in [-0.25, -0.2) is 0 Å². The molecule has 0 saturated heterocycles. The molecule has 1 aliphatic carbocycles. The third-order valence-corrected chi connectivity index (χ3v) is 6.12. The van der Waals surface area contributed by atoms with E-state index in [1.54, 1.807) is 0 Å². The maximum Gasteiger partial charge on any atom is 3.00 e. The third-order valence-electron chi connectivity index (χ3n) is 6.12. The first-order chi connectivity index (χ1) is 14.9. The van der Waals surface area contributed by atoms with E-state index in [2.05, 4.69) is 97.1 Å². The van der Waals surface area contributed by atoms with E-state index in [1.165, 1.54) is 44.0 Å². The second-order valence-corrected chi connectivity index (χ2v) is 7.92. The summed E-state index contributed by atoms with van der Waals surface area (Å²) >= 11 is 0. The summed E-state index contributed by atoms with van der Waals surface area (Å²) in [6.45, 7) is 0. The molecule has 1 unspecified atom stereocenters. The van der Waals surface area contributed by atoms with Crippen molar-refractivity contribution in [3.8, 4) is 0 Å². The number of nitrogens with zero attached hydrogens (tertiary/aromatic N) is 1. The molecule has 0 amide bonds. The Hall–Kier alpha value is -2.60. The van der Waals surface area contributed by atoms with Gasteiger partial charge in [-0.2, -0.15) is 17.7 Å². The molecule has 1 atom stereocenters. The van der Waals surface area contributed by atoms with Crippen LogP contribution in [0.4, 0.5) is 0 Å². The Morgan fingerprint density at radius 1 is 0.697 bits per heavy atom. The molecule has 4 aromatic carbocycles. The van der Waals surface area contributed by atoms with Crippen LogP contribution in [-0.2, 0) is 23.8 Å². The van der Waals surface area contributed by atoms with Gasteiger partial charge in [-0.1, -0.05) is 84.2 Å². The number of fused-ring (bicyclic) bond motifs is 4. The van der Waals surface area contributed by atoms with E-state index in [-0.39, 0.29) is 48.1 Å². The number of halogens is 2. The number of rotatable bonds is 3. The van der Waals surface area contributed by atoms with E-state index in [1.807, 2.05) is 12.3 Å². The Balaban J connectivity index is 0.00000102. The molecule has 0 saturated carbocycles. The topological polar surface area (TPSA) is 12.9 Å². The zero-order valence-corrected chi connectivity index (χ0v) is 20.5. The average molecular weight is 505 g/mol. The van der Waals surface area contributed by atoms with Gasteiger partial charge in [0.15, 0.2) is 0 Å². The van der Waals surface area contributed by atoms with Crippen molar-refractivity contribution in [3.05, 3.63) is 137 Å². The number of pyridine rings is 1. The minimum atomic E-state index is 0. The van der Waals surface area contributed by atoms with Gasteiger partial charge in [0, 0.05) is 11.6 Å². The first kappa shape index (κ1) is 25.0. The van der Waals surface area contributed by atoms with E-state index in [4.69, 9.17) is 4.98 Å². The van der Waals surface area contributed by atoms with E-state index >= 15 is 0 Å². The van der Waals surface area contributed by atoms with Gasteiger partial charge in [0.2, 0.25) is 0 Å². The van der Waals surface area contributed by atoms with Gasteiger partial charge < -0.3 is 24.8 Å². The molecule has 0 fully saturated rings. The van der Waals surface area contributed by atoms with Crippen LogP contribution in [0, 0.1) is 6.08 Å². The molecule has 5 aromatic rings. The van der Waals surface area contributed by atoms with Gasteiger partial charge >= 0.3 is 17.4 Å². The predicted molar refractivity (Wildman–Crippen MR) is 124 cm³/mol. The van der Waals surface area contributed by atoms with E-state index in [0.29, 0.717) is 0 Å². The molecule has 1 nitrogen and oxygen atoms in total. The van der Waals surface area contributed by atoms with Crippen LogP contribution in [0.15, 0.2) is 109 Å². The summed E-state index contributed by atoms with van der Waals surface area (Å²) in [4.78, 5) is 4.78. The molecular weight excluding hydrogens is 485 g/mol. The molecule has 4 heteroatoms. The van der Waals surface area contributed by atoms with Crippen molar-refractivity contribution in [2.45, 2.75) is 12.3 Å². The average Bonchev–Trinajstić information content (AvgIpc) is 3.17. The third kappa shape index (κ3) is 4.45. The molecule has 33 heavy (non-hydrogen) atoms. The van der Waals surface area contributed by atoms with Crippen molar-refractivity contribution in [1.82, 2.24) is 4.98 Å². The molecule has 161 valence electrons. The van der Waals surface area contributed by atoms with E-state index in [0.717, 1.165) is 11.9 Å². The summed E-state index contributed by atoms with van der Waals surface area (Å²) in [5, 5.41) is 3.77. The van der Waals surface area contributed by atoms with Crippen molar-refractivity contribution in [1.29, 1.82) is 0 Å². The fourth-order valence-corrected chi connectivity index (χ4v) is 4.80. The molecule has 1 aliphatic rings. The minimum Gasteiger partial charge on any atom is -1.00 e. The van der Waals surface area contributed by atoms with Crippen LogP contribution in [0.1, 0.15) is 28.2 Å². The van der Waals surface area contributed by atoms with Crippen molar-refractivity contribution in [2.24, 2.45) is 0 Å². The summed E-state index contributed by atoms with van der Waals surface area (Å²) in [6, 6.07) is 34.5. The molecular formula is C29H20Cl2CrN. The number of benzene rings is 4. The molecule has 0 aliphatic heterocycles. The van der Waals surface area contributed by atoms with Gasteiger partial charge in [-0.3, -0.25) is 4.98 Å². The van der Waals surface area contributed by atoms with Gasteiger partial charge in [-0.15, -0.1) is 17.2 Å². The molecule has 0 spiro atoms. The standard InChI is InChI=1S/C29H20N.2ClH.Cr/c1-2-8-20(9-3-1)18-24-19-23-16-15-21-10-4-5-13-25(21)27(23)28(24)26-14-6-11-22-12-7-17-30-29(22)26;;;/h1-17,28H,18H2;2*1H;/q-1;;;+3/p-2. The smallest absolute Gasteiger partial charge is 1.00 e. The molecule has 0 bridgehead atoms. The fraction of sp³-hybridized carbons (Fsp3) is 0.0690. The van der Waals surface area contributed by atoms with E-state index in [9.17, 15) is 0 Å². The van der Waals surface area contributed by atoms with Crippen molar-refractivity contribution in [3.63, 3.8) is 0 Å². The number of aromatic nitrogens is 1. The second-order valence-electron chi connectivity index (χ2n) is 7.92. The van der Waals surface area contributed by atoms with Crippen LogP contribution in [-0.4, -0.2) is 4.98 Å². The zero-order chi connectivity index (χ0) is 19.9. The fourth-order valence-electron chi connectivity index (χ4n) is 4.80. The van der Waals surface area contributed by atoms with Crippen LogP contribution < -0.4 is 24.8 Å². The summed E-state index contributed by atoms with van der Waals surface area (Å²) in [5.74, 6) is 0.157. The molecule has 1 heterocycles. The maximum atomic E-state index is 4.78. The van der Waals surface area contributed by atoms with Gasteiger partial charge in [0.25, 0.3) is 0 Å². The van der Waals surface area contributed by atoms with Crippen LogP contribution >= 0.6 is 0 Å². The number of hydrogen-bond donors (Lipinski definition) is 0. The molecule has 1 radical (unpaired) electrons. The summed E-state index contributed by atoms with van der Waals surface area (Å²) in [5.41, 5.74) is 7.54. The maximum absolute atomic E-state index is 4.78. The van der Waals surface area contributed by atoms with Crippen molar-refractivity contribution in [2.75, 3.05) is 0 Å². The molecule has 6 rings (SSSR count). The van der Waals surface area contributed by atoms with Gasteiger partial charge in [0.1, 0.15) is 0 Å². The number of para-hydroxylation sites is 1. The Labute approximate surface area is 217 Å². The Morgan fingerprint density at radius 2 is 1.42 bits per heavy atom. The van der Waals surface area contributed by atoms with E-state index < -0.39 is 0 Å². The van der Waals surface area contributed by atoms with Crippen LogP contribution in [0.2, 0.25) is 0 Å². The minimum absolute atomic E-state index is 0. The first-order valence-electron chi connectivity index (χ1n) is 10.4. The van der Waals surface area contributed by atoms with Gasteiger partial charge in [0.05, 0.1) is 5.52 Å². The van der Waals surface area contributed by atoms with Crippen LogP contribution in [0.25, 0.3) is 21.7 Å². The Morgan fingerprint density at radius 3 is 2.27 bits per heavy atom. The van der Waals surface area contributed by atoms with Crippen LogP contribution in [0.3, 0.4) is 0 Å². The Bertz CT molecular complexity index is 1420. The quantitative estimate of drug-likeness (QED) is 0.332. The largest absolute Gasteiger partial charge is 3.00 e. The SMILES string of the molecule is [C-]1=C(Cc2ccccc2)C(c2cccc3cccnc23)c2c1ccc1ccccc21.[Cl-].[Cl-].[Cr+3]. The normalized spacial score (nSPS) is 13.9. The zero-order valence-electron chi connectivity index (χ0n) is 17.7. The van der Waals surface area contributed by atoms with Crippen molar-refractivity contribution < 1.29 is 42.2 Å². The molecule has 1 aromatic heterocycles. The second kappa shape index (κ2) is 10.6. The monoisotopic (exact) mass is 504 g/mol. The summed E-state index contributed by atoms with van der Waals surface area (Å²) in [6.07, 6.45) is 6.56. The molecule has 0 N–H and O–H groups in total. The number of hydrogen-bond acceptors (Lipinski definition) is 1. The number of allylic oxidation sites excluding steroid dienone is 1. The van der Waals surface area contributed by atoms with Gasteiger partial charge in [-0.05, 0) is 34.9 Å². The van der Waals surface area contributed by atoms with Crippen molar-refractivity contribution >= 4 is 21.7 Å². The first-order valence-corrected chi connectivity index (χ1v) is 10.4. The van der Waals surface area contributed by atoms with Crippen LogP contribution in [0.5, 0.6) is 0 Å². The summed E-state index contributed by atoms with van der Waals surface area (Å²) < 4.78 is 0. The summed E-state index contributed by atoms with van der Waals surface area (Å²) in [7, 11) is 0. The Kier molecular flexibility index (Phi) is 8.01. The predicted octanol–water partition coefficient (Wildman–Crippen LogP) is 0.859.